The van der Waals surface area contributed by atoms with Crippen LogP contribution in [0.15, 0.2) is 97.4 Å². The third-order valence-corrected chi connectivity index (χ3v) is 13.6. The van der Waals surface area contributed by atoms with Crippen LogP contribution in [0.4, 0.5) is 0 Å². The highest BCUT2D eigenvalue weighted by molar-refractivity contribution is 6.08. The van der Waals surface area contributed by atoms with E-state index < -0.39 is 96.3 Å². The van der Waals surface area contributed by atoms with Crippen molar-refractivity contribution in [1.82, 2.24) is 41.0 Å². The van der Waals surface area contributed by atoms with Crippen molar-refractivity contribution in [3.05, 3.63) is 109 Å². The Labute approximate surface area is 424 Å². The number of cyclic esters (lactones) is 2. The highest BCUT2D eigenvalue weighted by Crippen LogP contribution is 2.27. The highest BCUT2D eigenvalue weighted by atomic mass is 16.7. The van der Waals surface area contributed by atoms with Crippen LogP contribution in [-0.4, -0.2) is 166 Å². The second kappa shape index (κ2) is 23.0. The fraction of sp³-hybridized carbons (Fsp3) is 0.423. The molecule has 388 valence electrons. The van der Waals surface area contributed by atoms with Gasteiger partial charge in [-0.2, -0.15) is 0 Å². The zero-order valence-corrected chi connectivity index (χ0v) is 40.3. The summed E-state index contributed by atoms with van der Waals surface area (Å²) in [5.41, 5.74) is 0.433. The number of pyridine rings is 2. The molecule has 10 atom stereocenters. The van der Waals surface area contributed by atoms with Crippen LogP contribution in [0.2, 0.25) is 0 Å². The average molecular weight is 1020 g/mol. The molecule has 5 N–H and O–H groups in total. The number of benzene rings is 2. The molecule has 0 spiro atoms. The number of carbonyl (C=O) groups is 8. The maximum atomic E-state index is 13.9. The molecule has 0 radical (unpaired) electrons. The monoisotopic (exact) mass is 1020 g/mol. The lowest BCUT2D eigenvalue weighted by Gasteiger charge is -2.43. The van der Waals surface area contributed by atoms with Gasteiger partial charge >= 0.3 is 11.9 Å². The number of carbonyl (C=O) groups excluding carboxylic acids is 8. The molecule has 4 saturated heterocycles. The van der Waals surface area contributed by atoms with Gasteiger partial charge in [0.1, 0.15) is 47.6 Å². The topological polar surface area (TPSA) is 283 Å². The van der Waals surface area contributed by atoms with Gasteiger partial charge in [0.25, 0.3) is 11.8 Å². The standard InChI is InChI=1S/C27H30N4O7.C25H26N4O7/c1-2-37-27-20(13-22(32)38-27)30-24(33)21-15-36-14-17-8-4-6-10-19(26(35)31(17)21)29-25(34)23-18-9-5-3-7-16(18)11-12-28-23;30-20-11-18(25(34)36-20)28-22(31)19-13-35-12-15-6-2-4-8-17(24(33)29(15)19)27-23(32)21-16-7-3-1-5-14(16)9-10-26-21/h3-7,9,11-12,17,19-21,27H,2,8,10,13-15H2,1H3,(H,29,34)(H,30,33);1-5,7,9-10,15,17-19,25,34H,6,8,11-13H2,(H,27,32)(H,28,31)/b6-4-;4-2-/t17-,19-,20-,21-,27?;15-,17-,18-,19-,25?/m00/s1. The van der Waals surface area contributed by atoms with Crippen molar-refractivity contribution in [2.75, 3.05) is 33.0 Å². The minimum absolute atomic E-state index is 0.00976. The van der Waals surface area contributed by atoms with E-state index in [-0.39, 0.29) is 75.4 Å². The fourth-order valence-electron chi connectivity index (χ4n) is 9.92. The van der Waals surface area contributed by atoms with E-state index in [9.17, 15) is 43.5 Å². The van der Waals surface area contributed by atoms with E-state index in [1.807, 2.05) is 72.8 Å². The van der Waals surface area contributed by atoms with Gasteiger partial charge in [-0.15, -0.1) is 0 Å². The number of aliphatic hydroxyl groups excluding tert-OH is 1. The molecule has 2 aromatic carbocycles. The average Bonchev–Trinajstić information content (AvgIpc) is 3.92. The largest absolute Gasteiger partial charge is 0.434 e. The molecule has 4 fully saturated rings. The minimum Gasteiger partial charge on any atom is -0.434 e. The maximum absolute atomic E-state index is 13.9. The predicted molar refractivity (Wildman–Crippen MR) is 260 cm³/mol. The second-order valence-corrected chi connectivity index (χ2v) is 18.4. The number of amides is 6. The molecule has 4 aromatic rings. The highest BCUT2D eigenvalue weighted by Gasteiger charge is 2.46. The Hall–Kier alpha value is -7.66. The predicted octanol–water partition coefficient (Wildman–Crippen LogP) is 1.10. The number of fused-ring (bicyclic) bond motifs is 4. The summed E-state index contributed by atoms with van der Waals surface area (Å²) < 4.78 is 26.6. The molecule has 0 saturated carbocycles. The van der Waals surface area contributed by atoms with E-state index in [2.05, 4.69) is 36.0 Å². The smallest absolute Gasteiger partial charge is 0.310 e. The van der Waals surface area contributed by atoms with Crippen LogP contribution >= 0.6 is 0 Å². The Bertz CT molecular complexity index is 2870. The molecule has 6 aliphatic heterocycles. The van der Waals surface area contributed by atoms with Gasteiger partial charge in [0.15, 0.2) is 0 Å². The first kappa shape index (κ1) is 51.2. The summed E-state index contributed by atoms with van der Waals surface area (Å²) in [5.74, 6) is -3.89. The van der Waals surface area contributed by atoms with E-state index in [4.69, 9.17) is 18.9 Å². The molecule has 6 aliphatic rings. The normalized spacial score (nSPS) is 28.6. The third kappa shape index (κ3) is 11.3. The first-order chi connectivity index (χ1) is 35.9. The van der Waals surface area contributed by atoms with Gasteiger partial charge in [0.05, 0.1) is 51.4 Å². The zero-order valence-electron chi connectivity index (χ0n) is 40.3. The molecule has 0 aliphatic carbocycles. The van der Waals surface area contributed by atoms with Crippen molar-refractivity contribution in [1.29, 1.82) is 0 Å². The first-order valence-corrected chi connectivity index (χ1v) is 24.6. The number of ether oxygens (including phenoxy) is 5. The molecule has 6 amide bonds. The minimum atomic E-state index is -1.45. The van der Waals surface area contributed by atoms with Crippen LogP contribution in [0.1, 0.15) is 66.4 Å². The molecule has 74 heavy (non-hydrogen) atoms. The quantitative estimate of drug-likeness (QED) is 0.110. The van der Waals surface area contributed by atoms with Gasteiger partial charge < -0.3 is 59.9 Å². The Morgan fingerprint density at radius 1 is 0.608 bits per heavy atom. The van der Waals surface area contributed by atoms with Crippen molar-refractivity contribution in [2.24, 2.45) is 0 Å². The van der Waals surface area contributed by atoms with Crippen molar-refractivity contribution in [3.8, 4) is 0 Å². The van der Waals surface area contributed by atoms with Crippen molar-refractivity contribution < 1.29 is 67.1 Å². The number of aliphatic hydroxyl groups is 1. The van der Waals surface area contributed by atoms with Crippen molar-refractivity contribution in [2.45, 2.75) is 106 Å². The Morgan fingerprint density at radius 2 is 1.07 bits per heavy atom. The number of hydrogen-bond acceptors (Lipinski definition) is 16. The van der Waals surface area contributed by atoms with Gasteiger partial charge in [-0.1, -0.05) is 72.8 Å². The van der Waals surface area contributed by atoms with E-state index in [0.717, 1.165) is 10.8 Å². The summed E-state index contributed by atoms with van der Waals surface area (Å²) in [5, 5.41) is 24.0. The summed E-state index contributed by atoms with van der Waals surface area (Å²) in [6.45, 7) is 2.50. The number of hydrogen-bond donors (Lipinski definition) is 5. The van der Waals surface area contributed by atoms with E-state index in [1.54, 1.807) is 31.5 Å². The number of rotatable bonds is 10. The fourth-order valence-corrected chi connectivity index (χ4v) is 9.92. The summed E-state index contributed by atoms with van der Waals surface area (Å²) >= 11 is 0. The molecule has 22 nitrogen and oxygen atoms in total. The van der Waals surface area contributed by atoms with Gasteiger partial charge in [0, 0.05) is 29.8 Å². The Kier molecular flexibility index (Phi) is 16.0. The molecule has 2 aromatic heterocycles. The number of nitrogens with zero attached hydrogens (tertiary/aromatic N) is 4. The van der Waals surface area contributed by atoms with E-state index in [1.165, 1.54) is 9.80 Å². The number of esters is 2. The van der Waals surface area contributed by atoms with Crippen LogP contribution in [0.3, 0.4) is 0 Å². The van der Waals surface area contributed by atoms with Gasteiger partial charge in [-0.25, -0.2) is 0 Å². The van der Waals surface area contributed by atoms with Crippen molar-refractivity contribution in [3.63, 3.8) is 0 Å². The zero-order chi connectivity index (χ0) is 51.9. The molecule has 22 heteroatoms. The number of nitrogens with one attached hydrogen (secondary N) is 4. The SMILES string of the molecule is CCOC1OC(=O)C[C@@H]1NC(=O)[C@@H]1COC[C@@H]2C/C=C\C[C@H](NC(=O)c3nccc4ccccc34)C(=O)N21.O=C1C[C@H](NC(=O)[C@@H]2COC[C@@H]3C/C=C\C[C@H](NC(=O)c4nccc5ccccc45)C(=O)N32)C(O)O1. The molecule has 10 rings (SSSR count). The Balaban J connectivity index is 0.000000182. The lowest BCUT2D eigenvalue weighted by atomic mass is 9.99. The van der Waals surface area contributed by atoms with E-state index >= 15 is 0 Å². The first-order valence-electron chi connectivity index (χ1n) is 24.6. The van der Waals surface area contributed by atoms with Crippen LogP contribution in [0, 0.1) is 0 Å². The van der Waals surface area contributed by atoms with Gasteiger partial charge in [-0.3, -0.25) is 48.3 Å². The molecular formula is C52H56N8O14. The summed E-state index contributed by atoms with van der Waals surface area (Å²) in [7, 11) is 0. The molecular weight excluding hydrogens is 961 g/mol. The molecule has 0 bridgehead atoms. The summed E-state index contributed by atoms with van der Waals surface area (Å²) in [4.78, 5) is 115. The van der Waals surface area contributed by atoms with Crippen molar-refractivity contribution >= 4 is 68.9 Å². The van der Waals surface area contributed by atoms with Crippen LogP contribution < -0.4 is 21.3 Å². The van der Waals surface area contributed by atoms with Crippen LogP contribution in [0.25, 0.3) is 21.5 Å². The van der Waals surface area contributed by atoms with E-state index in [0.29, 0.717) is 30.2 Å². The number of aromatic nitrogens is 2. The van der Waals surface area contributed by atoms with Gasteiger partial charge in [-0.05, 0) is 55.5 Å². The number of morpholine rings is 2. The van der Waals surface area contributed by atoms with Gasteiger partial charge in [0.2, 0.25) is 36.2 Å². The van der Waals surface area contributed by atoms with Crippen LogP contribution in [0.5, 0.6) is 0 Å². The lowest BCUT2D eigenvalue weighted by molar-refractivity contribution is -0.166. The van der Waals surface area contributed by atoms with Crippen LogP contribution in [-0.2, 0) is 52.5 Å². The summed E-state index contributed by atoms with van der Waals surface area (Å²) in [6.07, 6.45) is 9.59. The maximum Gasteiger partial charge on any atom is 0.310 e. The summed E-state index contributed by atoms with van der Waals surface area (Å²) in [6, 6.07) is 12.2. The Morgan fingerprint density at radius 3 is 1.55 bits per heavy atom. The molecule has 8 heterocycles. The second-order valence-electron chi connectivity index (χ2n) is 18.4. The lowest BCUT2D eigenvalue weighted by Crippen LogP contribution is -2.65. The third-order valence-electron chi connectivity index (χ3n) is 13.6. The molecule has 2 unspecified atom stereocenters.